The zero-order chi connectivity index (χ0) is 11.5. The predicted octanol–water partition coefficient (Wildman–Crippen LogP) is 1.19. The molecule has 86 valence electrons. The van der Waals surface area contributed by atoms with Gasteiger partial charge in [-0.2, -0.15) is 0 Å². The van der Waals surface area contributed by atoms with E-state index in [0.29, 0.717) is 13.1 Å². The first-order chi connectivity index (χ1) is 6.83. The summed E-state index contributed by atoms with van der Waals surface area (Å²) in [6.07, 6.45) is 2.85. The van der Waals surface area contributed by atoms with Gasteiger partial charge in [0.25, 0.3) is 0 Å². The van der Waals surface area contributed by atoms with Crippen LogP contribution in [0.3, 0.4) is 0 Å². The second-order valence-corrected chi connectivity index (χ2v) is 6.86. The first kappa shape index (κ1) is 12.3. The third-order valence-electron chi connectivity index (χ3n) is 2.43. The van der Waals surface area contributed by atoms with E-state index >= 15 is 0 Å². The molecule has 0 aliphatic rings. The Kier molecular flexibility index (Phi) is 3.57. The number of hydrogen-bond donors (Lipinski definition) is 1. The zero-order valence-corrected chi connectivity index (χ0v) is 10.1. The van der Waals surface area contributed by atoms with Gasteiger partial charge in [0.1, 0.15) is 5.76 Å². The van der Waals surface area contributed by atoms with Crippen molar-refractivity contribution in [3.63, 3.8) is 0 Å². The molecule has 1 heterocycles. The van der Waals surface area contributed by atoms with E-state index in [4.69, 9.17) is 4.42 Å². The van der Waals surface area contributed by atoms with Gasteiger partial charge in [-0.1, -0.05) is 0 Å². The van der Waals surface area contributed by atoms with Gasteiger partial charge in [-0.25, -0.2) is 8.42 Å². The molecule has 0 fully saturated rings. The summed E-state index contributed by atoms with van der Waals surface area (Å²) in [7, 11) is -3.04. The van der Waals surface area contributed by atoms with Crippen molar-refractivity contribution in [3.05, 3.63) is 24.2 Å². The van der Waals surface area contributed by atoms with Crippen LogP contribution in [0.15, 0.2) is 22.8 Å². The van der Waals surface area contributed by atoms with Crippen LogP contribution in [0, 0.1) is 0 Å². The van der Waals surface area contributed by atoms with E-state index in [1.54, 1.807) is 26.2 Å². The van der Waals surface area contributed by atoms with Gasteiger partial charge < -0.3 is 9.73 Å². The standard InChI is InChI=1S/C10H17NO3S/c1-10(2,15(3,12)13)8-11-7-9-5-4-6-14-9/h4-6,11H,7-8H2,1-3H3. The van der Waals surface area contributed by atoms with Gasteiger partial charge in [-0.05, 0) is 26.0 Å². The van der Waals surface area contributed by atoms with Crippen molar-refractivity contribution in [3.8, 4) is 0 Å². The molecule has 0 atom stereocenters. The van der Waals surface area contributed by atoms with Crippen molar-refractivity contribution in [1.82, 2.24) is 5.32 Å². The van der Waals surface area contributed by atoms with Crippen molar-refractivity contribution in [2.75, 3.05) is 12.8 Å². The molecule has 0 aliphatic carbocycles. The lowest BCUT2D eigenvalue weighted by molar-refractivity contribution is 0.464. The van der Waals surface area contributed by atoms with Gasteiger partial charge in [-0.3, -0.25) is 0 Å². The summed E-state index contributed by atoms with van der Waals surface area (Å²) in [6.45, 7) is 4.37. The topological polar surface area (TPSA) is 59.3 Å². The van der Waals surface area contributed by atoms with E-state index in [2.05, 4.69) is 5.32 Å². The van der Waals surface area contributed by atoms with Crippen molar-refractivity contribution < 1.29 is 12.8 Å². The summed E-state index contributed by atoms with van der Waals surface area (Å²) in [6, 6.07) is 3.65. The van der Waals surface area contributed by atoms with Crippen LogP contribution in [0.2, 0.25) is 0 Å². The molecule has 0 aliphatic heterocycles. The van der Waals surface area contributed by atoms with Gasteiger partial charge in [0, 0.05) is 12.8 Å². The average Bonchev–Trinajstić information content (AvgIpc) is 2.54. The molecule has 1 N–H and O–H groups in total. The SMILES string of the molecule is CC(C)(CNCc1ccco1)S(C)(=O)=O. The van der Waals surface area contributed by atoms with Crippen LogP contribution in [0.4, 0.5) is 0 Å². The van der Waals surface area contributed by atoms with Crippen LogP contribution in [-0.2, 0) is 16.4 Å². The number of furan rings is 1. The van der Waals surface area contributed by atoms with Gasteiger partial charge >= 0.3 is 0 Å². The minimum atomic E-state index is -3.04. The molecule has 5 heteroatoms. The van der Waals surface area contributed by atoms with Gasteiger partial charge in [0.05, 0.1) is 17.6 Å². The summed E-state index contributed by atoms with van der Waals surface area (Å²) in [5, 5.41) is 3.06. The molecular formula is C10H17NO3S. The summed E-state index contributed by atoms with van der Waals surface area (Å²) >= 11 is 0. The fraction of sp³-hybridized carbons (Fsp3) is 0.600. The van der Waals surface area contributed by atoms with E-state index < -0.39 is 14.6 Å². The molecule has 0 amide bonds. The molecule has 0 saturated heterocycles. The average molecular weight is 231 g/mol. The van der Waals surface area contributed by atoms with Gasteiger partial charge in [-0.15, -0.1) is 0 Å². The highest BCUT2D eigenvalue weighted by Crippen LogP contribution is 2.13. The Morgan fingerprint density at radius 1 is 1.47 bits per heavy atom. The molecule has 0 radical (unpaired) electrons. The third-order valence-corrected chi connectivity index (χ3v) is 4.59. The summed E-state index contributed by atoms with van der Waals surface area (Å²) in [5.41, 5.74) is 0. The lowest BCUT2D eigenvalue weighted by atomic mass is 10.2. The Morgan fingerprint density at radius 3 is 2.60 bits per heavy atom. The predicted molar refractivity (Wildman–Crippen MR) is 59.3 cm³/mol. The molecule has 0 aromatic carbocycles. The number of nitrogens with one attached hydrogen (secondary N) is 1. The van der Waals surface area contributed by atoms with Crippen LogP contribution in [0.1, 0.15) is 19.6 Å². The molecule has 1 aromatic heterocycles. The molecular weight excluding hydrogens is 214 g/mol. The normalized spacial score (nSPS) is 13.0. The summed E-state index contributed by atoms with van der Waals surface area (Å²) in [4.78, 5) is 0. The van der Waals surface area contributed by atoms with E-state index in [-0.39, 0.29) is 0 Å². The van der Waals surface area contributed by atoms with Crippen LogP contribution in [0.5, 0.6) is 0 Å². The molecule has 0 bridgehead atoms. The Balaban J connectivity index is 2.44. The molecule has 1 aromatic rings. The maximum absolute atomic E-state index is 11.4. The molecule has 4 nitrogen and oxygen atoms in total. The molecule has 1 rings (SSSR count). The molecule has 0 spiro atoms. The Labute approximate surface area is 90.6 Å². The molecule has 0 saturated carbocycles. The first-order valence-corrected chi connectivity index (χ1v) is 6.65. The van der Waals surface area contributed by atoms with E-state index in [9.17, 15) is 8.42 Å². The highest BCUT2D eigenvalue weighted by molar-refractivity contribution is 7.92. The van der Waals surface area contributed by atoms with Crippen LogP contribution in [0.25, 0.3) is 0 Å². The van der Waals surface area contributed by atoms with Crippen LogP contribution >= 0.6 is 0 Å². The lowest BCUT2D eigenvalue weighted by Gasteiger charge is -2.22. The van der Waals surface area contributed by atoms with Gasteiger partial charge in [0.2, 0.25) is 0 Å². The zero-order valence-electron chi connectivity index (χ0n) is 9.28. The van der Waals surface area contributed by atoms with Crippen LogP contribution < -0.4 is 5.32 Å². The Bertz CT molecular complexity index is 392. The smallest absolute Gasteiger partial charge is 0.153 e. The van der Waals surface area contributed by atoms with Crippen LogP contribution in [-0.4, -0.2) is 26.0 Å². The highest BCUT2D eigenvalue weighted by atomic mass is 32.2. The quantitative estimate of drug-likeness (QED) is 0.827. The maximum atomic E-state index is 11.4. The Hall–Kier alpha value is -0.810. The molecule has 0 unspecified atom stereocenters. The number of sulfone groups is 1. The number of rotatable bonds is 5. The van der Waals surface area contributed by atoms with Gasteiger partial charge in [0.15, 0.2) is 9.84 Å². The van der Waals surface area contributed by atoms with E-state index in [1.807, 2.05) is 6.07 Å². The van der Waals surface area contributed by atoms with Crippen molar-refractivity contribution in [2.24, 2.45) is 0 Å². The van der Waals surface area contributed by atoms with Crippen molar-refractivity contribution in [2.45, 2.75) is 25.1 Å². The van der Waals surface area contributed by atoms with Crippen molar-refractivity contribution >= 4 is 9.84 Å². The summed E-state index contributed by atoms with van der Waals surface area (Å²) in [5.74, 6) is 0.805. The minimum Gasteiger partial charge on any atom is -0.468 e. The fourth-order valence-corrected chi connectivity index (χ4v) is 1.40. The monoisotopic (exact) mass is 231 g/mol. The first-order valence-electron chi connectivity index (χ1n) is 4.76. The third kappa shape index (κ3) is 3.35. The number of hydrogen-bond acceptors (Lipinski definition) is 4. The van der Waals surface area contributed by atoms with Crippen molar-refractivity contribution in [1.29, 1.82) is 0 Å². The second kappa shape index (κ2) is 4.37. The lowest BCUT2D eigenvalue weighted by Crippen LogP contribution is -2.41. The molecule has 15 heavy (non-hydrogen) atoms. The summed E-state index contributed by atoms with van der Waals surface area (Å²) < 4.78 is 27.1. The second-order valence-electron chi connectivity index (χ2n) is 4.21. The Morgan fingerprint density at radius 2 is 2.13 bits per heavy atom. The maximum Gasteiger partial charge on any atom is 0.153 e. The van der Waals surface area contributed by atoms with E-state index in [1.165, 1.54) is 6.26 Å². The minimum absolute atomic E-state index is 0.409. The largest absolute Gasteiger partial charge is 0.468 e. The van der Waals surface area contributed by atoms with E-state index in [0.717, 1.165) is 5.76 Å². The fourth-order valence-electron chi connectivity index (χ4n) is 1.03. The highest BCUT2D eigenvalue weighted by Gasteiger charge is 2.29.